The quantitative estimate of drug-likeness (QED) is 0.579. The summed E-state index contributed by atoms with van der Waals surface area (Å²) in [4.78, 5) is -0.0846. The Morgan fingerprint density at radius 2 is 1.89 bits per heavy atom. The van der Waals surface area contributed by atoms with E-state index in [1.54, 1.807) is 12.1 Å². The molecule has 1 atom stereocenters. The highest BCUT2D eigenvalue weighted by atomic mass is 79.9. The summed E-state index contributed by atoms with van der Waals surface area (Å²) >= 11 is 16.7. The zero-order valence-corrected chi connectivity index (χ0v) is 12.8. The van der Waals surface area contributed by atoms with Gasteiger partial charge in [-0.2, -0.15) is 0 Å². The third-order valence-corrected chi connectivity index (χ3v) is 4.75. The molecule has 0 saturated carbocycles. The first kappa shape index (κ1) is 14.3. The smallest absolute Gasteiger partial charge is 0.159 e. The highest BCUT2D eigenvalue weighted by molar-refractivity contribution is 9.09. The van der Waals surface area contributed by atoms with Crippen molar-refractivity contribution in [1.29, 1.82) is 0 Å². The molecule has 1 aromatic carbocycles. The van der Waals surface area contributed by atoms with E-state index >= 15 is 0 Å². The summed E-state index contributed by atoms with van der Waals surface area (Å²) in [6, 6.07) is 5.63. The van der Waals surface area contributed by atoms with Crippen LogP contribution in [0.15, 0.2) is 24.3 Å². The van der Waals surface area contributed by atoms with Crippen molar-refractivity contribution in [2.75, 3.05) is 0 Å². The van der Waals surface area contributed by atoms with Crippen molar-refractivity contribution in [3.05, 3.63) is 55.7 Å². The lowest BCUT2D eigenvalue weighted by Crippen LogP contribution is -1.96. The maximum atomic E-state index is 13.1. The van der Waals surface area contributed by atoms with Gasteiger partial charge in [0.1, 0.15) is 0 Å². The average Bonchev–Trinajstić information content (AvgIpc) is 2.63. The summed E-state index contributed by atoms with van der Waals surface area (Å²) < 4.78 is 27.1. The molecule has 2 rings (SSSR count). The van der Waals surface area contributed by atoms with Crippen LogP contribution in [0.5, 0.6) is 0 Å². The molecule has 0 aliphatic carbocycles. The van der Waals surface area contributed by atoms with E-state index in [9.17, 15) is 8.78 Å². The molecular weight excluding hydrogens is 365 g/mol. The molecule has 0 radical (unpaired) electrons. The van der Waals surface area contributed by atoms with Crippen LogP contribution < -0.4 is 0 Å². The van der Waals surface area contributed by atoms with Gasteiger partial charge in [-0.05, 0) is 35.7 Å². The lowest BCUT2D eigenvalue weighted by Gasteiger charge is -2.09. The zero-order valence-electron chi connectivity index (χ0n) is 8.89. The second-order valence-corrected chi connectivity index (χ2v) is 7.09. The lowest BCUT2D eigenvalue weighted by atomic mass is 10.1. The first-order valence-corrected chi connectivity index (χ1v) is 7.49. The summed E-state index contributed by atoms with van der Waals surface area (Å²) in [7, 11) is 0. The Labute approximate surface area is 126 Å². The number of benzene rings is 1. The van der Waals surface area contributed by atoms with Crippen molar-refractivity contribution < 1.29 is 8.78 Å². The van der Waals surface area contributed by atoms with Gasteiger partial charge in [0.25, 0.3) is 0 Å². The summed E-state index contributed by atoms with van der Waals surface area (Å²) in [5, 5.41) is 0. The van der Waals surface area contributed by atoms with Crippen LogP contribution in [-0.2, 0) is 6.42 Å². The van der Waals surface area contributed by atoms with Crippen molar-refractivity contribution >= 4 is 50.5 Å². The Morgan fingerprint density at radius 1 is 1.17 bits per heavy atom. The number of hydrogen-bond acceptors (Lipinski definition) is 1. The van der Waals surface area contributed by atoms with E-state index in [1.807, 2.05) is 0 Å². The SMILES string of the molecule is Fc1ccc(CC(Br)c2cc(Cl)sc2Cl)cc1F. The normalized spacial score (nSPS) is 12.7. The molecule has 0 amide bonds. The van der Waals surface area contributed by atoms with Gasteiger partial charge in [-0.15, -0.1) is 11.3 Å². The van der Waals surface area contributed by atoms with Crippen LogP contribution in [0, 0.1) is 11.6 Å². The molecule has 1 aromatic heterocycles. The predicted octanol–water partition coefficient (Wildman–Crippen LogP) is 6.01. The van der Waals surface area contributed by atoms with Crippen LogP contribution >= 0.6 is 50.5 Å². The van der Waals surface area contributed by atoms with Gasteiger partial charge in [0, 0.05) is 4.83 Å². The van der Waals surface area contributed by atoms with Gasteiger partial charge < -0.3 is 0 Å². The second kappa shape index (κ2) is 5.87. The van der Waals surface area contributed by atoms with Gasteiger partial charge in [-0.25, -0.2) is 8.78 Å². The molecule has 0 aliphatic heterocycles. The molecule has 0 saturated heterocycles. The van der Waals surface area contributed by atoms with Crippen molar-refractivity contribution in [2.24, 2.45) is 0 Å². The Balaban J connectivity index is 2.18. The first-order chi connectivity index (χ1) is 8.47. The molecule has 0 aliphatic rings. The van der Waals surface area contributed by atoms with Crippen molar-refractivity contribution in [3.63, 3.8) is 0 Å². The van der Waals surface area contributed by atoms with E-state index in [0.717, 1.165) is 11.6 Å². The fourth-order valence-corrected chi connectivity index (χ4v) is 4.15. The van der Waals surface area contributed by atoms with Crippen LogP contribution in [0.3, 0.4) is 0 Å². The fraction of sp³-hybridized carbons (Fsp3) is 0.167. The van der Waals surface area contributed by atoms with Gasteiger partial charge in [-0.3, -0.25) is 0 Å². The van der Waals surface area contributed by atoms with Crippen molar-refractivity contribution in [2.45, 2.75) is 11.2 Å². The molecule has 96 valence electrons. The minimum absolute atomic E-state index is 0.0846. The van der Waals surface area contributed by atoms with Gasteiger partial charge in [0.2, 0.25) is 0 Å². The topological polar surface area (TPSA) is 0 Å². The highest BCUT2D eigenvalue weighted by Gasteiger charge is 2.16. The van der Waals surface area contributed by atoms with Gasteiger partial charge in [0.05, 0.1) is 8.67 Å². The number of thiophene rings is 1. The first-order valence-electron chi connectivity index (χ1n) is 5.00. The fourth-order valence-electron chi connectivity index (χ4n) is 1.55. The molecule has 18 heavy (non-hydrogen) atoms. The monoisotopic (exact) mass is 370 g/mol. The molecule has 0 fully saturated rings. The van der Waals surface area contributed by atoms with Crippen LogP contribution in [0.1, 0.15) is 16.0 Å². The molecular formula is C12H7BrCl2F2S. The Kier molecular flexibility index (Phi) is 4.64. The van der Waals surface area contributed by atoms with E-state index in [0.29, 0.717) is 20.7 Å². The number of rotatable bonds is 3. The number of alkyl halides is 1. The van der Waals surface area contributed by atoms with E-state index in [1.165, 1.54) is 17.4 Å². The van der Waals surface area contributed by atoms with Gasteiger partial charge >= 0.3 is 0 Å². The van der Waals surface area contributed by atoms with Crippen LogP contribution in [-0.4, -0.2) is 0 Å². The average molecular weight is 372 g/mol. The van der Waals surface area contributed by atoms with E-state index in [2.05, 4.69) is 15.9 Å². The summed E-state index contributed by atoms with van der Waals surface area (Å²) in [6.45, 7) is 0. The molecule has 0 bridgehead atoms. The van der Waals surface area contributed by atoms with Crippen LogP contribution in [0.2, 0.25) is 8.67 Å². The van der Waals surface area contributed by atoms with Crippen molar-refractivity contribution in [1.82, 2.24) is 0 Å². The highest BCUT2D eigenvalue weighted by Crippen LogP contribution is 2.39. The second-order valence-electron chi connectivity index (χ2n) is 3.70. The van der Waals surface area contributed by atoms with E-state index in [4.69, 9.17) is 23.2 Å². The minimum atomic E-state index is -0.846. The third kappa shape index (κ3) is 3.23. The molecule has 2 aromatic rings. The molecule has 0 nitrogen and oxygen atoms in total. The van der Waals surface area contributed by atoms with Crippen LogP contribution in [0.25, 0.3) is 0 Å². The van der Waals surface area contributed by atoms with Crippen molar-refractivity contribution in [3.8, 4) is 0 Å². The molecule has 1 heterocycles. The van der Waals surface area contributed by atoms with E-state index < -0.39 is 11.6 Å². The predicted molar refractivity (Wildman–Crippen MR) is 76.1 cm³/mol. The third-order valence-electron chi connectivity index (χ3n) is 2.42. The molecule has 0 N–H and O–H groups in total. The summed E-state index contributed by atoms with van der Waals surface area (Å²) in [5.41, 5.74) is 1.55. The number of hydrogen-bond donors (Lipinski definition) is 0. The molecule has 1 unspecified atom stereocenters. The Hall–Kier alpha value is -0.160. The van der Waals surface area contributed by atoms with Crippen LogP contribution in [0.4, 0.5) is 8.78 Å². The minimum Gasteiger partial charge on any atom is -0.204 e. The largest absolute Gasteiger partial charge is 0.204 e. The zero-order chi connectivity index (χ0) is 13.3. The summed E-state index contributed by atoms with van der Waals surface area (Å²) in [5.74, 6) is -1.69. The van der Waals surface area contributed by atoms with Gasteiger partial charge in [-0.1, -0.05) is 45.2 Å². The standard InChI is InChI=1S/C12H7BrCl2F2S/c13-8(7-5-11(14)18-12(7)15)3-6-1-2-9(16)10(17)4-6/h1-2,4-5,8H,3H2. The molecule has 6 heteroatoms. The summed E-state index contributed by atoms with van der Waals surface area (Å²) in [6.07, 6.45) is 0.504. The maximum absolute atomic E-state index is 13.1. The number of halogens is 5. The molecule has 0 spiro atoms. The maximum Gasteiger partial charge on any atom is 0.159 e. The lowest BCUT2D eigenvalue weighted by molar-refractivity contribution is 0.507. The Morgan fingerprint density at radius 3 is 2.44 bits per heavy atom. The Bertz CT molecular complexity index is 571. The van der Waals surface area contributed by atoms with E-state index in [-0.39, 0.29) is 4.83 Å². The van der Waals surface area contributed by atoms with Gasteiger partial charge in [0.15, 0.2) is 11.6 Å².